The molecule has 0 aliphatic rings. The minimum atomic E-state index is -0.132. The standard InChI is InChI=1S/C9H11NO2.C2H6/c1-10-9(11)7-5-3-4-6-8(7)12-2;1-2/h3-6H,1-2H3,(H,10,11);1-2H3. The summed E-state index contributed by atoms with van der Waals surface area (Å²) in [6.07, 6.45) is 0. The molecular weight excluding hydrogens is 178 g/mol. The van der Waals surface area contributed by atoms with Crippen LogP contribution in [-0.4, -0.2) is 20.1 Å². The maximum absolute atomic E-state index is 11.2. The van der Waals surface area contributed by atoms with Gasteiger partial charge in [-0.2, -0.15) is 0 Å². The summed E-state index contributed by atoms with van der Waals surface area (Å²) in [5.74, 6) is 0.462. The molecule has 0 bridgehead atoms. The zero-order valence-corrected chi connectivity index (χ0v) is 9.13. The highest BCUT2D eigenvalue weighted by Gasteiger charge is 2.07. The van der Waals surface area contributed by atoms with Gasteiger partial charge in [0.05, 0.1) is 12.7 Å². The second kappa shape index (κ2) is 6.95. The Hall–Kier alpha value is -1.51. The number of amides is 1. The number of benzene rings is 1. The lowest BCUT2D eigenvalue weighted by atomic mass is 10.2. The molecule has 0 saturated heterocycles. The number of para-hydroxylation sites is 1. The Morgan fingerprint density at radius 1 is 1.29 bits per heavy atom. The number of hydrogen-bond donors (Lipinski definition) is 1. The second-order valence-electron chi connectivity index (χ2n) is 2.28. The summed E-state index contributed by atoms with van der Waals surface area (Å²) in [5.41, 5.74) is 0.558. The van der Waals surface area contributed by atoms with Crippen molar-refractivity contribution in [2.75, 3.05) is 14.2 Å². The second-order valence-corrected chi connectivity index (χ2v) is 2.28. The minimum Gasteiger partial charge on any atom is -0.496 e. The van der Waals surface area contributed by atoms with Crippen LogP contribution >= 0.6 is 0 Å². The van der Waals surface area contributed by atoms with Crippen molar-refractivity contribution in [3.8, 4) is 5.75 Å². The van der Waals surface area contributed by atoms with Crippen LogP contribution in [0.25, 0.3) is 0 Å². The molecule has 78 valence electrons. The molecule has 0 aliphatic heterocycles. The van der Waals surface area contributed by atoms with E-state index in [1.807, 2.05) is 19.9 Å². The Morgan fingerprint density at radius 3 is 2.36 bits per heavy atom. The van der Waals surface area contributed by atoms with Crippen LogP contribution in [0.1, 0.15) is 24.2 Å². The van der Waals surface area contributed by atoms with E-state index in [4.69, 9.17) is 4.74 Å². The van der Waals surface area contributed by atoms with Gasteiger partial charge in [-0.1, -0.05) is 26.0 Å². The van der Waals surface area contributed by atoms with Gasteiger partial charge in [-0.3, -0.25) is 4.79 Å². The summed E-state index contributed by atoms with van der Waals surface area (Å²) in [5, 5.41) is 2.54. The lowest BCUT2D eigenvalue weighted by Gasteiger charge is -2.05. The van der Waals surface area contributed by atoms with Crippen molar-refractivity contribution in [2.45, 2.75) is 13.8 Å². The third-order valence-corrected chi connectivity index (χ3v) is 1.58. The zero-order valence-electron chi connectivity index (χ0n) is 9.13. The van der Waals surface area contributed by atoms with Crippen LogP contribution in [0.3, 0.4) is 0 Å². The highest BCUT2D eigenvalue weighted by Crippen LogP contribution is 2.16. The fourth-order valence-corrected chi connectivity index (χ4v) is 0.967. The van der Waals surface area contributed by atoms with Crippen LogP contribution in [0.5, 0.6) is 5.75 Å². The molecule has 0 aliphatic carbocycles. The Labute approximate surface area is 85.1 Å². The number of nitrogens with one attached hydrogen (secondary N) is 1. The fourth-order valence-electron chi connectivity index (χ4n) is 0.967. The molecule has 0 fully saturated rings. The lowest BCUT2D eigenvalue weighted by Crippen LogP contribution is -2.18. The highest BCUT2D eigenvalue weighted by molar-refractivity contribution is 5.96. The van der Waals surface area contributed by atoms with Gasteiger partial charge in [0.1, 0.15) is 5.75 Å². The number of hydrogen-bond acceptors (Lipinski definition) is 2. The van der Waals surface area contributed by atoms with Gasteiger partial charge in [0, 0.05) is 7.05 Å². The molecule has 0 saturated carbocycles. The molecule has 1 aromatic rings. The van der Waals surface area contributed by atoms with Gasteiger partial charge in [0.15, 0.2) is 0 Å². The smallest absolute Gasteiger partial charge is 0.254 e. The van der Waals surface area contributed by atoms with E-state index in [9.17, 15) is 4.79 Å². The molecular formula is C11H17NO2. The van der Waals surface area contributed by atoms with Crippen LogP contribution in [0.15, 0.2) is 24.3 Å². The average Bonchev–Trinajstić information content (AvgIpc) is 2.30. The summed E-state index contributed by atoms with van der Waals surface area (Å²) in [6, 6.07) is 7.10. The molecule has 1 aromatic carbocycles. The van der Waals surface area contributed by atoms with E-state index in [2.05, 4.69) is 5.32 Å². The molecule has 0 unspecified atom stereocenters. The molecule has 0 heterocycles. The zero-order chi connectivity index (χ0) is 11.0. The first-order valence-corrected chi connectivity index (χ1v) is 4.64. The van der Waals surface area contributed by atoms with Gasteiger partial charge in [-0.15, -0.1) is 0 Å². The number of rotatable bonds is 2. The summed E-state index contributed by atoms with van der Waals surface area (Å²) >= 11 is 0. The fraction of sp³-hybridized carbons (Fsp3) is 0.364. The van der Waals surface area contributed by atoms with Crippen molar-refractivity contribution < 1.29 is 9.53 Å². The largest absolute Gasteiger partial charge is 0.496 e. The van der Waals surface area contributed by atoms with E-state index in [1.54, 1.807) is 32.4 Å². The van der Waals surface area contributed by atoms with Gasteiger partial charge in [-0.25, -0.2) is 0 Å². The van der Waals surface area contributed by atoms with Crippen LogP contribution in [0, 0.1) is 0 Å². The first-order valence-electron chi connectivity index (χ1n) is 4.64. The van der Waals surface area contributed by atoms with Gasteiger partial charge >= 0.3 is 0 Å². The van der Waals surface area contributed by atoms with Crippen LogP contribution in [0.2, 0.25) is 0 Å². The Kier molecular flexibility index (Phi) is 6.20. The molecule has 3 heteroatoms. The van der Waals surface area contributed by atoms with E-state index in [0.717, 1.165) is 0 Å². The molecule has 1 N–H and O–H groups in total. The van der Waals surface area contributed by atoms with E-state index >= 15 is 0 Å². The number of methoxy groups -OCH3 is 1. The van der Waals surface area contributed by atoms with Gasteiger partial charge in [0.2, 0.25) is 0 Å². The summed E-state index contributed by atoms with van der Waals surface area (Å²) < 4.78 is 5.01. The Morgan fingerprint density at radius 2 is 1.86 bits per heavy atom. The minimum absolute atomic E-state index is 0.132. The summed E-state index contributed by atoms with van der Waals surface area (Å²) in [6.45, 7) is 4.00. The number of carbonyl (C=O) groups is 1. The topological polar surface area (TPSA) is 38.3 Å². The molecule has 0 aromatic heterocycles. The van der Waals surface area contributed by atoms with Crippen LogP contribution < -0.4 is 10.1 Å². The van der Waals surface area contributed by atoms with E-state index < -0.39 is 0 Å². The maximum atomic E-state index is 11.2. The Bertz CT molecular complexity index is 284. The van der Waals surface area contributed by atoms with Crippen LogP contribution in [0.4, 0.5) is 0 Å². The molecule has 3 nitrogen and oxygen atoms in total. The molecule has 0 radical (unpaired) electrons. The van der Waals surface area contributed by atoms with Gasteiger partial charge in [-0.05, 0) is 12.1 Å². The summed E-state index contributed by atoms with van der Waals surface area (Å²) in [7, 11) is 3.14. The predicted octanol–water partition coefficient (Wildman–Crippen LogP) is 2.08. The van der Waals surface area contributed by atoms with Gasteiger partial charge < -0.3 is 10.1 Å². The van der Waals surface area contributed by atoms with E-state index in [-0.39, 0.29) is 5.91 Å². The molecule has 1 rings (SSSR count). The predicted molar refractivity (Wildman–Crippen MR) is 57.7 cm³/mol. The Balaban J connectivity index is 0.000000791. The first kappa shape index (κ1) is 12.5. The lowest BCUT2D eigenvalue weighted by molar-refractivity contribution is 0.0960. The normalized spacial score (nSPS) is 8.29. The number of ether oxygens (including phenoxy) is 1. The quantitative estimate of drug-likeness (QED) is 0.784. The molecule has 0 atom stereocenters. The summed E-state index contributed by atoms with van der Waals surface area (Å²) in [4.78, 5) is 11.2. The SMILES string of the molecule is CC.CNC(=O)c1ccccc1OC. The first-order chi connectivity index (χ1) is 6.79. The molecule has 0 spiro atoms. The third-order valence-electron chi connectivity index (χ3n) is 1.58. The van der Waals surface area contributed by atoms with E-state index in [1.165, 1.54) is 0 Å². The average molecular weight is 195 g/mol. The molecule has 1 amide bonds. The van der Waals surface area contributed by atoms with Crippen molar-refractivity contribution >= 4 is 5.91 Å². The van der Waals surface area contributed by atoms with Crippen LogP contribution in [-0.2, 0) is 0 Å². The molecule has 14 heavy (non-hydrogen) atoms. The highest BCUT2D eigenvalue weighted by atomic mass is 16.5. The van der Waals surface area contributed by atoms with E-state index in [0.29, 0.717) is 11.3 Å². The monoisotopic (exact) mass is 195 g/mol. The third kappa shape index (κ3) is 3.09. The number of carbonyl (C=O) groups excluding carboxylic acids is 1. The van der Waals surface area contributed by atoms with Crippen molar-refractivity contribution in [2.24, 2.45) is 0 Å². The van der Waals surface area contributed by atoms with Crippen molar-refractivity contribution in [3.63, 3.8) is 0 Å². The van der Waals surface area contributed by atoms with Crippen molar-refractivity contribution in [1.29, 1.82) is 0 Å². The van der Waals surface area contributed by atoms with Crippen molar-refractivity contribution in [3.05, 3.63) is 29.8 Å². The maximum Gasteiger partial charge on any atom is 0.254 e. The van der Waals surface area contributed by atoms with Crippen molar-refractivity contribution in [1.82, 2.24) is 5.32 Å². The van der Waals surface area contributed by atoms with Gasteiger partial charge in [0.25, 0.3) is 5.91 Å².